The highest BCUT2D eigenvalue weighted by molar-refractivity contribution is 5.82. The average Bonchev–Trinajstić information content (AvgIpc) is 2.63. The Labute approximate surface area is 155 Å². The Morgan fingerprint density at radius 2 is 1.52 bits per heavy atom. The van der Waals surface area contributed by atoms with Crippen molar-refractivity contribution in [2.75, 3.05) is 33.2 Å². The second-order valence-corrected chi connectivity index (χ2v) is 7.66. The van der Waals surface area contributed by atoms with E-state index in [1.807, 2.05) is 32.6 Å². The average molecular weight is 353 g/mol. The standard InChI is InChI=1S/C17H28N2O2.2C2H6/c1-13(20)15-10-17(6-3-7-17)12-19(11-15)16(21)14-4-8-18(2)9-5-14;2*1-2/h14-15H,3-12H2,1-2H3;2*1-2H3. The second kappa shape index (κ2) is 10.3. The molecule has 2 aliphatic heterocycles. The molecule has 3 rings (SSSR count). The minimum atomic E-state index is 0.0780. The van der Waals surface area contributed by atoms with Crippen LogP contribution in [-0.2, 0) is 9.59 Å². The van der Waals surface area contributed by atoms with Gasteiger partial charge in [0.1, 0.15) is 5.78 Å². The molecule has 1 saturated carbocycles. The number of hydrogen-bond donors (Lipinski definition) is 0. The summed E-state index contributed by atoms with van der Waals surface area (Å²) >= 11 is 0. The molecule has 3 fully saturated rings. The highest BCUT2D eigenvalue weighted by Gasteiger charge is 2.46. The number of likely N-dealkylation sites (tertiary alicyclic amines) is 2. The third-order valence-corrected chi connectivity index (χ3v) is 6.02. The Morgan fingerprint density at radius 1 is 0.960 bits per heavy atom. The molecular weight excluding hydrogens is 312 g/mol. The van der Waals surface area contributed by atoms with Crippen LogP contribution in [0.15, 0.2) is 0 Å². The molecule has 1 unspecified atom stereocenters. The minimum Gasteiger partial charge on any atom is -0.341 e. The lowest BCUT2D eigenvalue weighted by molar-refractivity contribution is -0.146. The van der Waals surface area contributed by atoms with E-state index in [1.54, 1.807) is 6.92 Å². The quantitative estimate of drug-likeness (QED) is 0.754. The van der Waals surface area contributed by atoms with E-state index in [1.165, 1.54) is 19.3 Å². The second-order valence-electron chi connectivity index (χ2n) is 7.66. The number of Topliss-reactive ketones (excluding diaryl/α,β-unsaturated/α-hetero) is 1. The van der Waals surface area contributed by atoms with Crippen LogP contribution in [0.3, 0.4) is 0 Å². The molecule has 0 N–H and O–H groups in total. The monoisotopic (exact) mass is 352 g/mol. The minimum absolute atomic E-state index is 0.0780. The van der Waals surface area contributed by atoms with Crippen molar-refractivity contribution in [1.29, 1.82) is 0 Å². The van der Waals surface area contributed by atoms with Crippen LogP contribution in [0.2, 0.25) is 0 Å². The fourth-order valence-electron chi connectivity index (χ4n) is 4.38. The van der Waals surface area contributed by atoms with Gasteiger partial charge in [0.05, 0.1) is 0 Å². The summed E-state index contributed by atoms with van der Waals surface area (Å²) in [6.45, 7) is 13.3. The van der Waals surface area contributed by atoms with Crippen LogP contribution in [-0.4, -0.2) is 54.7 Å². The summed E-state index contributed by atoms with van der Waals surface area (Å²) in [5, 5.41) is 0. The normalized spacial score (nSPS) is 25.8. The van der Waals surface area contributed by atoms with E-state index >= 15 is 0 Å². The summed E-state index contributed by atoms with van der Waals surface area (Å²) in [6, 6.07) is 0. The lowest BCUT2D eigenvalue weighted by atomic mass is 9.61. The Bertz CT molecular complexity index is 424. The Morgan fingerprint density at radius 3 is 1.96 bits per heavy atom. The molecular formula is C21H40N2O2. The molecule has 0 radical (unpaired) electrons. The van der Waals surface area contributed by atoms with E-state index in [0.29, 0.717) is 12.5 Å². The summed E-state index contributed by atoms with van der Waals surface area (Å²) in [7, 11) is 2.12. The van der Waals surface area contributed by atoms with Gasteiger partial charge in [-0.05, 0) is 64.6 Å². The zero-order valence-corrected chi connectivity index (χ0v) is 17.4. The van der Waals surface area contributed by atoms with Gasteiger partial charge in [-0.3, -0.25) is 9.59 Å². The SMILES string of the molecule is CC.CC.CC(=O)C1CN(C(=O)C2CCN(C)CC2)CC2(CCC2)C1. The molecule has 4 nitrogen and oxygen atoms in total. The highest BCUT2D eigenvalue weighted by atomic mass is 16.2. The van der Waals surface area contributed by atoms with Crippen LogP contribution in [0.5, 0.6) is 0 Å². The Balaban J connectivity index is 0.000000730. The number of carbonyl (C=O) groups is 2. The number of amides is 1. The molecule has 0 aromatic rings. The van der Waals surface area contributed by atoms with Gasteiger partial charge >= 0.3 is 0 Å². The summed E-state index contributed by atoms with van der Waals surface area (Å²) < 4.78 is 0. The van der Waals surface area contributed by atoms with E-state index in [-0.39, 0.29) is 23.0 Å². The topological polar surface area (TPSA) is 40.6 Å². The summed E-state index contributed by atoms with van der Waals surface area (Å²) in [4.78, 5) is 29.1. The number of carbonyl (C=O) groups excluding carboxylic acids is 2. The number of nitrogens with zero attached hydrogens (tertiary/aromatic N) is 2. The summed E-state index contributed by atoms with van der Waals surface area (Å²) in [5.74, 6) is 0.848. The molecule has 146 valence electrons. The maximum Gasteiger partial charge on any atom is 0.225 e. The third-order valence-electron chi connectivity index (χ3n) is 6.02. The molecule has 1 atom stereocenters. The molecule has 25 heavy (non-hydrogen) atoms. The van der Waals surface area contributed by atoms with Crippen molar-refractivity contribution in [1.82, 2.24) is 9.80 Å². The van der Waals surface area contributed by atoms with Crippen LogP contribution >= 0.6 is 0 Å². The maximum atomic E-state index is 12.9. The molecule has 0 bridgehead atoms. The van der Waals surface area contributed by atoms with E-state index in [2.05, 4.69) is 11.9 Å². The first-order valence-corrected chi connectivity index (χ1v) is 10.5. The van der Waals surface area contributed by atoms with Crippen LogP contribution < -0.4 is 0 Å². The van der Waals surface area contributed by atoms with Crippen molar-refractivity contribution >= 4 is 11.7 Å². The van der Waals surface area contributed by atoms with Crippen molar-refractivity contribution in [2.45, 2.75) is 73.1 Å². The predicted octanol–water partition coefficient (Wildman–Crippen LogP) is 3.99. The van der Waals surface area contributed by atoms with E-state index < -0.39 is 0 Å². The van der Waals surface area contributed by atoms with Crippen molar-refractivity contribution in [3.05, 3.63) is 0 Å². The maximum absolute atomic E-state index is 12.9. The first kappa shape index (κ1) is 22.1. The van der Waals surface area contributed by atoms with Gasteiger partial charge in [-0.15, -0.1) is 0 Å². The van der Waals surface area contributed by atoms with Crippen molar-refractivity contribution in [2.24, 2.45) is 17.3 Å². The first-order chi connectivity index (χ1) is 12.0. The molecule has 2 heterocycles. The van der Waals surface area contributed by atoms with E-state index in [4.69, 9.17) is 0 Å². The number of rotatable bonds is 2. The van der Waals surface area contributed by atoms with Gasteiger partial charge in [0.25, 0.3) is 0 Å². The fourth-order valence-corrected chi connectivity index (χ4v) is 4.38. The first-order valence-electron chi connectivity index (χ1n) is 10.5. The van der Waals surface area contributed by atoms with Crippen molar-refractivity contribution in [3.63, 3.8) is 0 Å². The molecule has 1 amide bonds. The smallest absolute Gasteiger partial charge is 0.225 e. The number of ketones is 1. The molecule has 2 saturated heterocycles. The van der Waals surface area contributed by atoms with Crippen molar-refractivity contribution in [3.8, 4) is 0 Å². The molecule has 4 heteroatoms. The summed E-state index contributed by atoms with van der Waals surface area (Å²) in [6.07, 6.45) is 6.63. The van der Waals surface area contributed by atoms with Gasteiger partial charge in [-0.1, -0.05) is 34.1 Å². The zero-order chi connectivity index (χ0) is 19.0. The van der Waals surface area contributed by atoms with Crippen LogP contribution in [0.1, 0.15) is 73.1 Å². The third kappa shape index (κ3) is 5.54. The molecule has 0 aromatic heterocycles. The Kier molecular flexibility index (Phi) is 9.12. The van der Waals surface area contributed by atoms with E-state index in [0.717, 1.165) is 38.9 Å². The van der Waals surface area contributed by atoms with Crippen LogP contribution in [0.4, 0.5) is 0 Å². The fraction of sp³-hybridized carbons (Fsp3) is 0.905. The van der Waals surface area contributed by atoms with Gasteiger partial charge in [-0.2, -0.15) is 0 Å². The summed E-state index contributed by atoms with van der Waals surface area (Å²) in [5.41, 5.74) is 0.274. The predicted molar refractivity (Wildman–Crippen MR) is 105 cm³/mol. The molecule has 0 aromatic carbocycles. The van der Waals surface area contributed by atoms with Gasteiger partial charge in [0, 0.05) is 24.9 Å². The largest absolute Gasteiger partial charge is 0.341 e. The Hall–Kier alpha value is -0.900. The lowest BCUT2D eigenvalue weighted by Crippen LogP contribution is -2.55. The molecule has 1 aliphatic carbocycles. The number of piperidine rings is 2. The van der Waals surface area contributed by atoms with Gasteiger partial charge in [0.15, 0.2) is 0 Å². The highest BCUT2D eigenvalue weighted by Crippen LogP contribution is 2.49. The van der Waals surface area contributed by atoms with Crippen LogP contribution in [0, 0.1) is 17.3 Å². The van der Waals surface area contributed by atoms with E-state index in [9.17, 15) is 9.59 Å². The lowest BCUT2D eigenvalue weighted by Gasteiger charge is -2.51. The van der Waals surface area contributed by atoms with Gasteiger partial charge in [-0.25, -0.2) is 0 Å². The van der Waals surface area contributed by atoms with Crippen LogP contribution in [0.25, 0.3) is 0 Å². The zero-order valence-electron chi connectivity index (χ0n) is 17.4. The van der Waals surface area contributed by atoms with Gasteiger partial charge in [0.2, 0.25) is 5.91 Å². The molecule has 1 spiro atoms. The van der Waals surface area contributed by atoms with Crippen molar-refractivity contribution < 1.29 is 9.59 Å². The molecule has 3 aliphatic rings. The number of hydrogen-bond acceptors (Lipinski definition) is 3. The van der Waals surface area contributed by atoms with Gasteiger partial charge < -0.3 is 9.80 Å².